The molecule has 1 aromatic carbocycles. The summed E-state index contributed by atoms with van der Waals surface area (Å²) < 4.78 is 24.4. The Morgan fingerprint density at radius 1 is 1.19 bits per heavy atom. The van der Waals surface area contributed by atoms with Crippen molar-refractivity contribution in [3.63, 3.8) is 0 Å². The molecule has 1 saturated heterocycles. The number of amides is 2. The predicted octanol–water partition coefficient (Wildman–Crippen LogP) is 0.961. The van der Waals surface area contributed by atoms with Crippen LogP contribution in [0.4, 0.5) is 9.18 Å². The monoisotopic (exact) mass is 570 g/mol. The molecule has 1 unspecified atom stereocenters. The number of hydrogen-bond donors (Lipinski definition) is 0. The summed E-state index contributed by atoms with van der Waals surface area (Å²) in [5.74, 6) is -0.749. The van der Waals surface area contributed by atoms with E-state index in [1.165, 1.54) is 11.0 Å². The molecule has 13 heteroatoms. The molecule has 3 aromatic rings. The number of aryl methyl sites for hydroxylation is 1. The van der Waals surface area contributed by atoms with Crippen LogP contribution in [0.1, 0.15) is 84.9 Å². The van der Waals surface area contributed by atoms with E-state index in [1.807, 2.05) is 37.8 Å². The van der Waals surface area contributed by atoms with Crippen LogP contribution in [-0.4, -0.2) is 66.1 Å². The Bertz CT molecular complexity index is 1490. The fourth-order valence-corrected chi connectivity index (χ4v) is 5.92. The zero-order valence-corrected chi connectivity index (χ0v) is 24.3. The molecule has 1 atom stereocenters. The van der Waals surface area contributed by atoms with Gasteiger partial charge in [-0.1, -0.05) is 0 Å². The van der Waals surface area contributed by atoms with Crippen LogP contribution < -0.4 is 18.9 Å². The van der Waals surface area contributed by atoms with Crippen molar-refractivity contribution in [2.75, 3.05) is 13.1 Å². The second kappa shape index (κ2) is 12.0. The third-order valence-corrected chi connectivity index (χ3v) is 7.96. The second-order valence-electron chi connectivity index (χ2n) is 11.7. The maximum Gasteiger partial charge on any atom is 1.00 e. The van der Waals surface area contributed by atoms with E-state index in [0.29, 0.717) is 24.5 Å². The first-order chi connectivity index (χ1) is 19.1. The SMILES string of the molecule is CC(C)(C)OC(=O)N1CCC(c2cnn(-c3cc(F)c4c(c3)C(=O)N(C([C-]=O)c3ncn5c3CCC5)C4)c2)CC1.[Li+].[O-2]. The fourth-order valence-electron chi connectivity index (χ4n) is 5.92. The van der Waals surface area contributed by atoms with Crippen LogP contribution in [0.2, 0.25) is 0 Å². The van der Waals surface area contributed by atoms with Gasteiger partial charge >= 0.3 is 25.0 Å². The van der Waals surface area contributed by atoms with E-state index >= 15 is 4.39 Å². The van der Waals surface area contributed by atoms with Crippen molar-refractivity contribution in [3.8, 4) is 5.69 Å². The van der Waals surface area contributed by atoms with Gasteiger partial charge in [-0.3, -0.25) is 4.79 Å². The van der Waals surface area contributed by atoms with Gasteiger partial charge in [0.1, 0.15) is 11.4 Å². The Kier molecular flexibility index (Phi) is 9.02. The number of carbonyl (C=O) groups is 2. The Hall–Kier alpha value is -3.46. The first-order valence-corrected chi connectivity index (χ1v) is 13.7. The van der Waals surface area contributed by atoms with Gasteiger partial charge in [-0.2, -0.15) is 5.10 Å². The number of piperidine rings is 1. The summed E-state index contributed by atoms with van der Waals surface area (Å²) >= 11 is 0. The number of benzene rings is 1. The number of likely N-dealkylation sites (tertiary alicyclic amines) is 1. The molecule has 3 aliphatic heterocycles. The zero-order valence-electron chi connectivity index (χ0n) is 24.3. The van der Waals surface area contributed by atoms with Crippen molar-refractivity contribution in [1.82, 2.24) is 29.1 Å². The summed E-state index contributed by atoms with van der Waals surface area (Å²) in [7, 11) is 0. The molecule has 6 rings (SSSR count). The van der Waals surface area contributed by atoms with Crippen LogP contribution in [0.5, 0.6) is 0 Å². The molecule has 0 spiro atoms. The van der Waals surface area contributed by atoms with E-state index < -0.39 is 23.4 Å². The molecule has 0 aliphatic carbocycles. The Balaban J connectivity index is 0.00000202. The van der Waals surface area contributed by atoms with E-state index in [0.717, 1.165) is 43.5 Å². The Labute approximate surface area is 255 Å². The maximum absolute atomic E-state index is 15.3. The molecule has 5 heterocycles. The first-order valence-electron chi connectivity index (χ1n) is 13.7. The topological polar surface area (TPSA) is 131 Å². The molecule has 1 fully saturated rings. The molecule has 2 aromatic heterocycles. The minimum atomic E-state index is -0.986. The zero-order chi connectivity index (χ0) is 28.2. The van der Waals surface area contributed by atoms with Crippen LogP contribution in [0.25, 0.3) is 5.69 Å². The van der Waals surface area contributed by atoms with Gasteiger partial charge in [0.25, 0.3) is 5.91 Å². The molecule has 0 radical (unpaired) electrons. The molecule has 3 aliphatic rings. The van der Waals surface area contributed by atoms with Gasteiger partial charge in [0.15, 0.2) is 0 Å². The van der Waals surface area contributed by atoms with Crippen molar-refractivity contribution in [2.45, 2.75) is 77.1 Å². The number of carbonyl (C=O) groups excluding carboxylic acids is 3. The number of aromatic nitrogens is 4. The normalized spacial score (nSPS) is 17.3. The van der Waals surface area contributed by atoms with Crippen molar-refractivity contribution in [3.05, 3.63) is 64.7 Å². The quantitative estimate of drug-likeness (QED) is 0.332. The van der Waals surface area contributed by atoms with E-state index in [9.17, 15) is 14.4 Å². The first kappa shape index (κ1) is 31.5. The van der Waals surface area contributed by atoms with Crippen LogP contribution in [0.15, 0.2) is 30.9 Å². The molecule has 218 valence electrons. The average molecular weight is 571 g/mol. The molecule has 0 N–H and O–H groups in total. The molecule has 0 saturated carbocycles. The van der Waals surface area contributed by atoms with Gasteiger partial charge in [-0.25, -0.2) is 25.1 Å². The van der Waals surface area contributed by atoms with E-state index in [-0.39, 0.29) is 54.0 Å². The van der Waals surface area contributed by atoms with Gasteiger partial charge in [0, 0.05) is 49.2 Å². The molecular weight excluding hydrogens is 538 g/mol. The summed E-state index contributed by atoms with van der Waals surface area (Å²) in [5.41, 5.74) is 2.80. The summed E-state index contributed by atoms with van der Waals surface area (Å²) in [5, 5.41) is 4.45. The van der Waals surface area contributed by atoms with Crippen LogP contribution in [0.3, 0.4) is 0 Å². The number of rotatable bonds is 5. The fraction of sp³-hybridized carbons (Fsp3) is 0.483. The number of halogens is 1. The van der Waals surface area contributed by atoms with E-state index in [1.54, 1.807) is 28.2 Å². The molecular formula is C29H32FLiN6O5-2. The van der Waals surface area contributed by atoms with Crippen molar-refractivity contribution in [1.29, 1.82) is 0 Å². The number of fused-ring (bicyclic) bond motifs is 2. The standard InChI is InChI=1S/C29H32FN6O4.Li.O/c1-29(2,3)40-28(39)33-9-6-18(7-10-33)19-13-32-36(14-19)20-11-21-22(23(30)12-20)15-35(27(21)38)25(16-37)26-24-5-4-8-34(24)17-31-26;;/h11-14,17-18,25H,4-10,15H2,1-3H3;;/q-1;+1;-2. The molecule has 11 nitrogen and oxygen atoms in total. The minimum Gasteiger partial charge on any atom is -2.00 e. The third kappa shape index (κ3) is 5.76. The number of hydrogen-bond acceptors (Lipinski definition) is 6. The van der Waals surface area contributed by atoms with Crippen LogP contribution in [-0.2, 0) is 34.5 Å². The largest absolute Gasteiger partial charge is 2.00 e. The Morgan fingerprint density at radius 2 is 1.93 bits per heavy atom. The average Bonchev–Trinajstić information content (AvgIpc) is 3.70. The maximum atomic E-state index is 15.3. The Morgan fingerprint density at radius 3 is 2.62 bits per heavy atom. The summed E-state index contributed by atoms with van der Waals surface area (Å²) in [6, 6.07) is 2.01. The van der Waals surface area contributed by atoms with Gasteiger partial charge in [-0.15, -0.1) is 0 Å². The number of imidazole rings is 1. The second-order valence-corrected chi connectivity index (χ2v) is 11.7. The van der Waals surface area contributed by atoms with E-state index in [4.69, 9.17) is 4.74 Å². The van der Waals surface area contributed by atoms with Crippen LogP contribution >= 0.6 is 0 Å². The predicted molar refractivity (Wildman–Crippen MR) is 143 cm³/mol. The number of ether oxygens (including phenoxy) is 1. The summed E-state index contributed by atoms with van der Waals surface area (Å²) in [6.45, 7) is 7.52. The minimum absolute atomic E-state index is 0. The molecule has 0 bridgehead atoms. The van der Waals surface area contributed by atoms with Gasteiger partial charge in [0.2, 0.25) is 0 Å². The third-order valence-electron chi connectivity index (χ3n) is 7.96. The van der Waals surface area contributed by atoms with Gasteiger partial charge in [-0.05, 0) is 76.1 Å². The summed E-state index contributed by atoms with van der Waals surface area (Å²) in [4.78, 5) is 45.3. The van der Waals surface area contributed by atoms with Crippen molar-refractivity contribution >= 4 is 18.3 Å². The number of nitrogens with zero attached hydrogens (tertiary/aromatic N) is 6. The van der Waals surface area contributed by atoms with Crippen molar-refractivity contribution in [2.24, 2.45) is 0 Å². The van der Waals surface area contributed by atoms with Gasteiger partial charge < -0.3 is 29.4 Å². The smallest absolute Gasteiger partial charge is 1.00 e. The summed E-state index contributed by atoms with van der Waals surface area (Å²) in [6.07, 6.45) is 10.2. The van der Waals surface area contributed by atoms with Crippen LogP contribution in [0, 0.1) is 5.82 Å². The van der Waals surface area contributed by atoms with Gasteiger partial charge in [0.05, 0.1) is 23.9 Å². The molecule has 2 amide bonds. The molecule has 42 heavy (non-hydrogen) atoms. The van der Waals surface area contributed by atoms with Crippen molar-refractivity contribution < 1.29 is 47.8 Å². The van der Waals surface area contributed by atoms with E-state index in [2.05, 4.69) is 10.1 Å².